The number of nitrogens with zero attached hydrogens (tertiary/aromatic N) is 2. The first-order valence-corrected chi connectivity index (χ1v) is 7.01. The molecule has 0 spiro atoms. The maximum Gasteiger partial charge on any atom is 0.276 e. The molecule has 0 radical (unpaired) electrons. The molecule has 0 aliphatic carbocycles. The van der Waals surface area contributed by atoms with Gasteiger partial charge in [0.05, 0.1) is 11.3 Å². The van der Waals surface area contributed by atoms with Gasteiger partial charge in [-0.2, -0.15) is 5.10 Å². The maximum absolute atomic E-state index is 12.5. The van der Waals surface area contributed by atoms with E-state index in [-0.39, 0.29) is 5.56 Å². The van der Waals surface area contributed by atoms with Crippen LogP contribution in [0, 0.1) is 13.8 Å². The Morgan fingerprint density at radius 3 is 2.62 bits per heavy atom. The van der Waals surface area contributed by atoms with E-state index in [0.717, 1.165) is 17.8 Å². The van der Waals surface area contributed by atoms with Gasteiger partial charge in [-0.15, -0.1) is 0 Å². The number of hydrogen-bond donors (Lipinski definition) is 2. The number of aryl methyl sites for hydroxylation is 4. The third-order valence-corrected chi connectivity index (χ3v) is 3.57. The molecule has 2 aromatic heterocycles. The topological polar surface area (TPSA) is 66.5 Å². The number of H-pyrrole nitrogens is 2. The molecule has 0 saturated carbocycles. The van der Waals surface area contributed by atoms with E-state index in [2.05, 4.69) is 27.4 Å². The van der Waals surface area contributed by atoms with Crippen LogP contribution in [0.25, 0.3) is 11.3 Å². The van der Waals surface area contributed by atoms with E-state index < -0.39 is 0 Å². The fraction of sp³-hybridized carbons (Fsp3) is 0.250. The Morgan fingerprint density at radius 1 is 1.19 bits per heavy atom. The van der Waals surface area contributed by atoms with Crippen LogP contribution in [0.2, 0.25) is 0 Å². The second-order valence-electron chi connectivity index (χ2n) is 5.24. The number of aromatic amines is 2. The molecule has 0 unspecified atom stereocenters. The minimum atomic E-state index is -0.0186. The van der Waals surface area contributed by atoms with E-state index in [1.807, 2.05) is 38.1 Å². The highest BCUT2D eigenvalue weighted by atomic mass is 16.1. The lowest BCUT2D eigenvalue weighted by Gasteiger charge is -2.01. The molecule has 0 atom stereocenters. The summed E-state index contributed by atoms with van der Waals surface area (Å²) in [5.74, 6) is 0. The van der Waals surface area contributed by atoms with Gasteiger partial charge in [0.25, 0.3) is 5.56 Å². The monoisotopic (exact) mass is 282 g/mol. The lowest BCUT2D eigenvalue weighted by atomic mass is 10.1. The second kappa shape index (κ2) is 5.44. The zero-order chi connectivity index (χ0) is 14.8. The first-order chi connectivity index (χ1) is 10.1. The third kappa shape index (κ3) is 2.67. The van der Waals surface area contributed by atoms with Gasteiger partial charge < -0.3 is 0 Å². The summed E-state index contributed by atoms with van der Waals surface area (Å²) in [4.78, 5) is 12.5. The van der Waals surface area contributed by atoms with Gasteiger partial charge >= 0.3 is 0 Å². The molecular weight excluding hydrogens is 264 g/mol. The molecule has 0 aliphatic rings. The Labute approximate surface area is 122 Å². The van der Waals surface area contributed by atoms with E-state index >= 15 is 0 Å². The van der Waals surface area contributed by atoms with Gasteiger partial charge in [0.1, 0.15) is 0 Å². The van der Waals surface area contributed by atoms with Gasteiger partial charge in [0, 0.05) is 17.9 Å². The first-order valence-electron chi connectivity index (χ1n) is 7.01. The van der Waals surface area contributed by atoms with Gasteiger partial charge in [-0.1, -0.05) is 30.3 Å². The highest BCUT2D eigenvalue weighted by Gasteiger charge is 2.15. The fourth-order valence-corrected chi connectivity index (χ4v) is 2.50. The van der Waals surface area contributed by atoms with Crippen LogP contribution >= 0.6 is 0 Å². The summed E-state index contributed by atoms with van der Waals surface area (Å²) in [6.45, 7) is 4.46. The van der Waals surface area contributed by atoms with Gasteiger partial charge in [-0.25, -0.2) is 0 Å². The maximum atomic E-state index is 12.5. The molecule has 0 bridgehead atoms. The summed E-state index contributed by atoms with van der Waals surface area (Å²) in [6.07, 6.45) is 0.819. The van der Waals surface area contributed by atoms with Crippen molar-refractivity contribution in [1.82, 2.24) is 20.0 Å². The highest BCUT2D eigenvalue weighted by molar-refractivity contribution is 5.60. The molecule has 5 heteroatoms. The van der Waals surface area contributed by atoms with E-state index in [0.29, 0.717) is 17.8 Å². The second-order valence-corrected chi connectivity index (χ2v) is 5.24. The van der Waals surface area contributed by atoms with Crippen molar-refractivity contribution in [2.24, 2.45) is 0 Å². The smallest absolute Gasteiger partial charge is 0.276 e. The zero-order valence-corrected chi connectivity index (χ0v) is 12.2. The number of benzene rings is 1. The highest BCUT2D eigenvalue weighted by Crippen LogP contribution is 2.16. The van der Waals surface area contributed by atoms with Gasteiger partial charge in [-0.05, 0) is 31.9 Å². The van der Waals surface area contributed by atoms with Crippen LogP contribution in [0.4, 0.5) is 0 Å². The molecule has 108 valence electrons. The SMILES string of the molecule is Cc1cc(-c2c(C)[nH]n(CCc3ccccc3)c2=O)n[nH]1. The lowest BCUT2D eigenvalue weighted by molar-refractivity contribution is 0.592. The van der Waals surface area contributed by atoms with E-state index in [9.17, 15) is 4.79 Å². The molecule has 3 rings (SSSR count). The van der Waals surface area contributed by atoms with E-state index in [4.69, 9.17) is 0 Å². The van der Waals surface area contributed by atoms with Crippen molar-refractivity contribution in [3.8, 4) is 11.3 Å². The molecule has 0 saturated heterocycles. The van der Waals surface area contributed by atoms with Crippen molar-refractivity contribution in [3.05, 3.63) is 63.7 Å². The molecule has 5 nitrogen and oxygen atoms in total. The van der Waals surface area contributed by atoms with Crippen molar-refractivity contribution < 1.29 is 0 Å². The summed E-state index contributed by atoms with van der Waals surface area (Å²) < 4.78 is 1.65. The molecule has 0 aliphatic heterocycles. The van der Waals surface area contributed by atoms with Gasteiger partial charge in [-0.3, -0.25) is 19.7 Å². The van der Waals surface area contributed by atoms with Crippen LogP contribution in [0.15, 0.2) is 41.2 Å². The van der Waals surface area contributed by atoms with Crippen molar-refractivity contribution in [2.45, 2.75) is 26.8 Å². The Balaban J connectivity index is 1.86. The normalized spacial score (nSPS) is 11.0. The zero-order valence-electron chi connectivity index (χ0n) is 12.2. The van der Waals surface area contributed by atoms with Crippen molar-refractivity contribution in [3.63, 3.8) is 0 Å². The average molecular weight is 282 g/mol. The van der Waals surface area contributed by atoms with Crippen LogP contribution in [0.5, 0.6) is 0 Å². The molecule has 2 heterocycles. The van der Waals surface area contributed by atoms with E-state index in [1.165, 1.54) is 5.56 Å². The predicted octanol–water partition coefficient (Wildman–Crippen LogP) is 2.43. The predicted molar refractivity (Wildman–Crippen MR) is 82.3 cm³/mol. The summed E-state index contributed by atoms with van der Waals surface area (Å²) in [5, 5.41) is 10.2. The van der Waals surface area contributed by atoms with Crippen LogP contribution in [0.3, 0.4) is 0 Å². The first kappa shape index (κ1) is 13.4. The number of nitrogens with one attached hydrogen (secondary N) is 2. The lowest BCUT2D eigenvalue weighted by Crippen LogP contribution is -2.19. The Hall–Kier alpha value is -2.56. The number of aromatic nitrogens is 4. The summed E-state index contributed by atoms with van der Waals surface area (Å²) >= 11 is 0. The van der Waals surface area contributed by atoms with Crippen LogP contribution in [0.1, 0.15) is 17.0 Å². The molecule has 3 aromatic rings. The third-order valence-electron chi connectivity index (χ3n) is 3.57. The minimum absolute atomic E-state index is 0.0186. The summed E-state index contributed by atoms with van der Waals surface area (Å²) in [5.41, 5.74) is 4.33. The minimum Gasteiger partial charge on any atom is -0.299 e. The number of rotatable bonds is 4. The van der Waals surface area contributed by atoms with Gasteiger partial charge in [0.2, 0.25) is 0 Å². The Bertz CT molecular complexity index is 795. The molecule has 0 fully saturated rings. The molecule has 1 aromatic carbocycles. The number of hydrogen-bond acceptors (Lipinski definition) is 2. The standard InChI is InChI=1S/C16H18N4O/c1-11-10-14(18-17-11)15-12(2)19-20(16(15)21)9-8-13-6-4-3-5-7-13/h3-7,10,19H,8-9H2,1-2H3,(H,17,18). The summed E-state index contributed by atoms with van der Waals surface area (Å²) in [6, 6.07) is 12.0. The Morgan fingerprint density at radius 2 is 1.95 bits per heavy atom. The van der Waals surface area contributed by atoms with Crippen LogP contribution < -0.4 is 5.56 Å². The molecule has 2 N–H and O–H groups in total. The van der Waals surface area contributed by atoms with Gasteiger partial charge in [0.15, 0.2) is 0 Å². The molecular formula is C16H18N4O. The van der Waals surface area contributed by atoms with Crippen LogP contribution in [-0.2, 0) is 13.0 Å². The summed E-state index contributed by atoms with van der Waals surface area (Å²) in [7, 11) is 0. The average Bonchev–Trinajstić information content (AvgIpc) is 3.01. The quantitative estimate of drug-likeness (QED) is 0.771. The van der Waals surface area contributed by atoms with Crippen LogP contribution in [-0.4, -0.2) is 20.0 Å². The Kier molecular flexibility index (Phi) is 3.48. The van der Waals surface area contributed by atoms with Crippen molar-refractivity contribution in [2.75, 3.05) is 0 Å². The molecule has 21 heavy (non-hydrogen) atoms. The van der Waals surface area contributed by atoms with Crippen molar-refractivity contribution >= 4 is 0 Å². The largest absolute Gasteiger partial charge is 0.299 e. The van der Waals surface area contributed by atoms with E-state index in [1.54, 1.807) is 4.68 Å². The fourth-order valence-electron chi connectivity index (χ4n) is 2.50. The molecule has 0 amide bonds. The van der Waals surface area contributed by atoms with Crippen molar-refractivity contribution in [1.29, 1.82) is 0 Å².